The Balaban J connectivity index is 2.10. The molecule has 1 N–H and O–H groups in total. The highest BCUT2D eigenvalue weighted by atomic mass is 79.9. The predicted molar refractivity (Wildman–Crippen MR) is 77.4 cm³/mol. The third-order valence-corrected chi connectivity index (χ3v) is 3.49. The summed E-state index contributed by atoms with van der Waals surface area (Å²) in [4.78, 5) is 0. The summed E-state index contributed by atoms with van der Waals surface area (Å²) in [6, 6.07) is 16.1. The van der Waals surface area contributed by atoms with Gasteiger partial charge in [0.05, 0.1) is 5.56 Å². The van der Waals surface area contributed by atoms with Crippen LogP contribution in [0, 0.1) is 18.3 Å². The first-order chi connectivity index (χ1) is 8.70. The van der Waals surface area contributed by atoms with Gasteiger partial charge >= 0.3 is 0 Å². The Morgan fingerprint density at radius 2 is 2.00 bits per heavy atom. The lowest BCUT2D eigenvalue weighted by Gasteiger charge is -2.09. The third-order valence-electron chi connectivity index (χ3n) is 2.83. The van der Waals surface area contributed by atoms with E-state index in [1.807, 2.05) is 30.3 Å². The second kappa shape index (κ2) is 5.70. The van der Waals surface area contributed by atoms with Crippen molar-refractivity contribution < 1.29 is 0 Å². The molecule has 0 bridgehead atoms. The minimum Gasteiger partial charge on any atom is -0.381 e. The lowest BCUT2D eigenvalue weighted by atomic mass is 10.1. The Morgan fingerprint density at radius 3 is 2.67 bits per heavy atom. The maximum Gasteiger partial charge on any atom is 0.100 e. The summed E-state index contributed by atoms with van der Waals surface area (Å²) in [6.07, 6.45) is 0. The smallest absolute Gasteiger partial charge is 0.100 e. The van der Waals surface area contributed by atoms with Crippen LogP contribution in [-0.4, -0.2) is 0 Å². The highest BCUT2D eigenvalue weighted by Crippen LogP contribution is 2.21. The molecule has 90 valence electrons. The maximum atomic E-state index is 8.85. The second-order valence-corrected chi connectivity index (χ2v) is 4.94. The van der Waals surface area contributed by atoms with Crippen molar-refractivity contribution in [1.82, 2.24) is 0 Å². The van der Waals surface area contributed by atoms with Crippen molar-refractivity contribution in [2.45, 2.75) is 13.5 Å². The summed E-state index contributed by atoms with van der Waals surface area (Å²) < 4.78 is 0.819. The molecule has 2 rings (SSSR count). The molecule has 0 unspecified atom stereocenters. The van der Waals surface area contributed by atoms with Crippen LogP contribution in [0.4, 0.5) is 5.69 Å². The first kappa shape index (κ1) is 12.7. The van der Waals surface area contributed by atoms with Crippen molar-refractivity contribution in [3.05, 3.63) is 63.6 Å². The Labute approximate surface area is 115 Å². The molecule has 0 spiro atoms. The van der Waals surface area contributed by atoms with E-state index in [0.29, 0.717) is 5.56 Å². The molecule has 2 aromatic rings. The van der Waals surface area contributed by atoms with Gasteiger partial charge in [-0.2, -0.15) is 5.26 Å². The van der Waals surface area contributed by atoms with Crippen LogP contribution in [0.15, 0.2) is 46.9 Å². The van der Waals surface area contributed by atoms with Gasteiger partial charge in [0.2, 0.25) is 0 Å². The fraction of sp³-hybridized carbons (Fsp3) is 0.133. The van der Waals surface area contributed by atoms with Crippen molar-refractivity contribution in [3.8, 4) is 6.07 Å². The average molecular weight is 301 g/mol. The molecular weight excluding hydrogens is 288 g/mol. The zero-order valence-electron chi connectivity index (χ0n) is 10.1. The second-order valence-electron chi connectivity index (χ2n) is 4.09. The van der Waals surface area contributed by atoms with E-state index in [1.54, 1.807) is 0 Å². The van der Waals surface area contributed by atoms with Crippen LogP contribution in [-0.2, 0) is 6.54 Å². The molecule has 0 saturated carbocycles. The largest absolute Gasteiger partial charge is 0.381 e. The van der Waals surface area contributed by atoms with Crippen LogP contribution >= 0.6 is 15.9 Å². The Kier molecular flexibility index (Phi) is 4.01. The SMILES string of the molecule is Cc1ccccc1CNc1ccc(C#N)c(Br)c1. The van der Waals surface area contributed by atoms with E-state index in [1.165, 1.54) is 11.1 Å². The molecule has 0 radical (unpaired) electrons. The lowest BCUT2D eigenvalue weighted by molar-refractivity contribution is 1.12. The van der Waals surface area contributed by atoms with E-state index in [-0.39, 0.29) is 0 Å². The van der Waals surface area contributed by atoms with Gasteiger partial charge in [0.25, 0.3) is 0 Å². The van der Waals surface area contributed by atoms with Gasteiger partial charge in [-0.3, -0.25) is 0 Å². The van der Waals surface area contributed by atoms with Crippen LogP contribution < -0.4 is 5.32 Å². The molecule has 0 aromatic heterocycles. The number of rotatable bonds is 3. The van der Waals surface area contributed by atoms with E-state index in [9.17, 15) is 0 Å². The maximum absolute atomic E-state index is 8.85. The normalized spacial score (nSPS) is 9.83. The molecule has 3 heteroatoms. The molecule has 0 fully saturated rings. The monoisotopic (exact) mass is 300 g/mol. The molecule has 0 atom stereocenters. The summed E-state index contributed by atoms with van der Waals surface area (Å²) in [6.45, 7) is 2.89. The van der Waals surface area contributed by atoms with Gasteiger partial charge in [-0.15, -0.1) is 0 Å². The van der Waals surface area contributed by atoms with Crippen LogP contribution in [0.1, 0.15) is 16.7 Å². The first-order valence-corrected chi connectivity index (χ1v) is 6.48. The van der Waals surface area contributed by atoms with Crippen molar-refractivity contribution in [3.63, 3.8) is 0 Å². The van der Waals surface area contributed by atoms with Gasteiger partial charge in [0, 0.05) is 16.7 Å². The van der Waals surface area contributed by atoms with Gasteiger partial charge in [0.15, 0.2) is 0 Å². The van der Waals surface area contributed by atoms with E-state index in [4.69, 9.17) is 5.26 Å². The minimum atomic E-state index is 0.649. The van der Waals surface area contributed by atoms with Gasteiger partial charge in [-0.1, -0.05) is 24.3 Å². The molecule has 2 aromatic carbocycles. The van der Waals surface area contributed by atoms with Crippen LogP contribution in [0.25, 0.3) is 0 Å². The molecule has 0 aliphatic heterocycles. The molecule has 18 heavy (non-hydrogen) atoms. The number of aryl methyl sites for hydroxylation is 1. The number of hydrogen-bond acceptors (Lipinski definition) is 2. The number of nitrogens with one attached hydrogen (secondary N) is 1. The fourth-order valence-corrected chi connectivity index (χ4v) is 2.19. The lowest BCUT2D eigenvalue weighted by Crippen LogP contribution is -2.01. The molecular formula is C15H13BrN2. The topological polar surface area (TPSA) is 35.8 Å². The van der Waals surface area contributed by atoms with Gasteiger partial charge in [0.1, 0.15) is 6.07 Å². The van der Waals surface area contributed by atoms with Crippen LogP contribution in [0.3, 0.4) is 0 Å². The predicted octanol–water partition coefficient (Wildman–Crippen LogP) is 4.24. The Bertz CT molecular complexity index is 600. The fourth-order valence-electron chi connectivity index (χ4n) is 1.72. The van der Waals surface area contributed by atoms with Gasteiger partial charge in [-0.25, -0.2) is 0 Å². The van der Waals surface area contributed by atoms with E-state index in [0.717, 1.165) is 16.7 Å². The van der Waals surface area contributed by atoms with Crippen LogP contribution in [0.5, 0.6) is 0 Å². The Morgan fingerprint density at radius 1 is 1.22 bits per heavy atom. The van der Waals surface area contributed by atoms with Crippen LogP contribution in [0.2, 0.25) is 0 Å². The summed E-state index contributed by atoms with van der Waals surface area (Å²) in [5, 5.41) is 12.2. The molecule has 0 aliphatic carbocycles. The quantitative estimate of drug-likeness (QED) is 0.920. The third kappa shape index (κ3) is 2.91. The minimum absolute atomic E-state index is 0.649. The number of hydrogen-bond donors (Lipinski definition) is 1. The van der Waals surface area contributed by atoms with E-state index < -0.39 is 0 Å². The summed E-state index contributed by atoms with van der Waals surface area (Å²) in [7, 11) is 0. The number of nitrogens with zero attached hydrogens (tertiary/aromatic N) is 1. The standard InChI is InChI=1S/C15H13BrN2/c1-11-4-2-3-5-13(11)10-18-14-7-6-12(9-17)15(16)8-14/h2-8,18H,10H2,1H3. The molecule has 0 heterocycles. The van der Waals surface area contributed by atoms with E-state index in [2.05, 4.69) is 46.4 Å². The zero-order chi connectivity index (χ0) is 13.0. The van der Waals surface area contributed by atoms with Crippen molar-refractivity contribution in [2.24, 2.45) is 0 Å². The van der Waals surface area contributed by atoms with Crippen molar-refractivity contribution >= 4 is 21.6 Å². The Hall–Kier alpha value is -1.79. The molecule has 0 saturated heterocycles. The zero-order valence-corrected chi connectivity index (χ0v) is 11.7. The molecule has 0 aliphatic rings. The number of benzene rings is 2. The number of halogens is 1. The summed E-state index contributed by atoms with van der Waals surface area (Å²) in [5.74, 6) is 0. The summed E-state index contributed by atoms with van der Waals surface area (Å²) in [5.41, 5.74) is 4.20. The van der Waals surface area contributed by atoms with Crippen molar-refractivity contribution in [2.75, 3.05) is 5.32 Å². The first-order valence-electron chi connectivity index (χ1n) is 5.69. The van der Waals surface area contributed by atoms with Crippen molar-refractivity contribution in [1.29, 1.82) is 5.26 Å². The van der Waals surface area contributed by atoms with Gasteiger partial charge in [-0.05, 0) is 52.2 Å². The number of nitriles is 1. The van der Waals surface area contributed by atoms with E-state index >= 15 is 0 Å². The summed E-state index contributed by atoms with van der Waals surface area (Å²) >= 11 is 3.39. The highest BCUT2D eigenvalue weighted by Gasteiger charge is 2.01. The molecule has 0 amide bonds. The molecule has 2 nitrogen and oxygen atoms in total. The van der Waals surface area contributed by atoms with Gasteiger partial charge < -0.3 is 5.32 Å². The highest BCUT2D eigenvalue weighted by molar-refractivity contribution is 9.10. The average Bonchev–Trinajstić information content (AvgIpc) is 2.38. The number of anilines is 1.